The number of nitrogens with zero attached hydrogens (tertiary/aromatic N) is 1. The first-order chi connectivity index (χ1) is 9.92. The predicted octanol–water partition coefficient (Wildman–Crippen LogP) is 1.46. The van der Waals surface area contributed by atoms with Gasteiger partial charge in [0.25, 0.3) is 0 Å². The van der Waals surface area contributed by atoms with Crippen molar-refractivity contribution in [3.8, 4) is 5.75 Å². The van der Waals surface area contributed by atoms with E-state index >= 15 is 0 Å². The molecule has 0 aromatic heterocycles. The number of amides is 2. The fourth-order valence-corrected chi connectivity index (χ4v) is 2.44. The maximum atomic E-state index is 13.7. The van der Waals surface area contributed by atoms with Crippen molar-refractivity contribution in [2.75, 3.05) is 13.7 Å². The summed E-state index contributed by atoms with van der Waals surface area (Å²) in [5, 5.41) is 2.59. The molecule has 1 heterocycles. The standard InChI is InChI=1S/C15H19FN2O3/c1-4-15(2)14(20)17-8-13(19)18(15)9-10-5-6-12(21-3)11(16)7-10/h5-7H,4,8-9H2,1-3H3,(H,17,20). The van der Waals surface area contributed by atoms with Gasteiger partial charge in [0.15, 0.2) is 11.6 Å². The summed E-state index contributed by atoms with van der Waals surface area (Å²) >= 11 is 0. The van der Waals surface area contributed by atoms with E-state index in [9.17, 15) is 14.0 Å². The molecular formula is C15H19FN2O3. The number of hydrogen-bond acceptors (Lipinski definition) is 3. The van der Waals surface area contributed by atoms with E-state index in [-0.39, 0.29) is 30.7 Å². The molecule has 1 aromatic rings. The Kier molecular flexibility index (Phi) is 4.16. The minimum atomic E-state index is -0.911. The number of carbonyl (C=O) groups excluding carboxylic acids is 2. The van der Waals surface area contributed by atoms with Gasteiger partial charge in [0.05, 0.1) is 13.7 Å². The molecule has 114 valence electrons. The third-order valence-corrected chi connectivity index (χ3v) is 4.03. The molecule has 0 radical (unpaired) electrons. The van der Waals surface area contributed by atoms with Crippen LogP contribution in [0.3, 0.4) is 0 Å². The number of benzene rings is 1. The third-order valence-electron chi connectivity index (χ3n) is 4.03. The lowest BCUT2D eigenvalue weighted by atomic mass is 9.92. The molecule has 1 fully saturated rings. The van der Waals surface area contributed by atoms with E-state index in [4.69, 9.17) is 4.74 Å². The number of hydrogen-bond donors (Lipinski definition) is 1. The Morgan fingerprint density at radius 1 is 1.43 bits per heavy atom. The van der Waals surface area contributed by atoms with Gasteiger partial charge in [-0.1, -0.05) is 13.0 Å². The first kappa shape index (κ1) is 15.3. The topological polar surface area (TPSA) is 58.6 Å². The van der Waals surface area contributed by atoms with Gasteiger partial charge >= 0.3 is 0 Å². The molecular weight excluding hydrogens is 275 g/mol. The molecule has 5 nitrogen and oxygen atoms in total. The smallest absolute Gasteiger partial charge is 0.246 e. The fraction of sp³-hybridized carbons (Fsp3) is 0.467. The van der Waals surface area contributed by atoms with Crippen LogP contribution in [0.25, 0.3) is 0 Å². The number of carbonyl (C=O) groups is 2. The molecule has 6 heteroatoms. The highest BCUT2D eigenvalue weighted by molar-refractivity contribution is 5.97. The van der Waals surface area contributed by atoms with Gasteiger partial charge in [-0.25, -0.2) is 4.39 Å². The average Bonchev–Trinajstić information content (AvgIpc) is 2.48. The van der Waals surface area contributed by atoms with Crippen molar-refractivity contribution in [1.82, 2.24) is 10.2 Å². The number of rotatable bonds is 4. The second-order valence-corrected chi connectivity index (χ2v) is 5.26. The van der Waals surface area contributed by atoms with Gasteiger partial charge < -0.3 is 15.0 Å². The molecule has 1 N–H and O–H groups in total. The lowest BCUT2D eigenvalue weighted by Gasteiger charge is -2.43. The first-order valence-corrected chi connectivity index (χ1v) is 6.83. The summed E-state index contributed by atoms with van der Waals surface area (Å²) < 4.78 is 18.6. The summed E-state index contributed by atoms with van der Waals surface area (Å²) in [6.45, 7) is 3.74. The third kappa shape index (κ3) is 2.70. The van der Waals surface area contributed by atoms with E-state index < -0.39 is 11.4 Å². The van der Waals surface area contributed by atoms with Crippen LogP contribution < -0.4 is 10.1 Å². The zero-order valence-corrected chi connectivity index (χ0v) is 12.4. The quantitative estimate of drug-likeness (QED) is 0.914. The van der Waals surface area contributed by atoms with Crippen molar-refractivity contribution in [2.45, 2.75) is 32.4 Å². The van der Waals surface area contributed by atoms with Gasteiger partial charge in [-0.2, -0.15) is 0 Å². The van der Waals surface area contributed by atoms with Crippen LogP contribution in [0.2, 0.25) is 0 Å². The minimum absolute atomic E-state index is 0.0208. The molecule has 2 amide bonds. The second kappa shape index (κ2) is 5.71. The molecule has 0 spiro atoms. The van der Waals surface area contributed by atoms with Crippen LogP contribution in [-0.2, 0) is 16.1 Å². The van der Waals surface area contributed by atoms with Crippen LogP contribution >= 0.6 is 0 Å². The van der Waals surface area contributed by atoms with Gasteiger partial charge in [-0.05, 0) is 31.0 Å². The van der Waals surface area contributed by atoms with E-state index in [1.54, 1.807) is 13.0 Å². The summed E-state index contributed by atoms with van der Waals surface area (Å²) in [6, 6.07) is 4.54. The number of methoxy groups -OCH3 is 1. The molecule has 0 aliphatic carbocycles. The van der Waals surface area contributed by atoms with Crippen LogP contribution in [0, 0.1) is 5.82 Å². The van der Waals surface area contributed by atoms with Crippen LogP contribution in [0.4, 0.5) is 4.39 Å². The largest absolute Gasteiger partial charge is 0.494 e. The van der Waals surface area contributed by atoms with Gasteiger partial charge in [0.1, 0.15) is 5.54 Å². The zero-order valence-electron chi connectivity index (χ0n) is 12.4. The van der Waals surface area contributed by atoms with Crippen molar-refractivity contribution in [2.24, 2.45) is 0 Å². The van der Waals surface area contributed by atoms with E-state index in [2.05, 4.69) is 5.32 Å². The first-order valence-electron chi connectivity index (χ1n) is 6.83. The Labute approximate surface area is 123 Å². The van der Waals surface area contributed by atoms with Gasteiger partial charge in [0.2, 0.25) is 11.8 Å². The van der Waals surface area contributed by atoms with Crippen LogP contribution in [-0.4, -0.2) is 35.9 Å². The van der Waals surface area contributed by atoms with Gasteiger partial charge in [-0.3, -0.25) is 9.59 Å². The SMILES string of the molecule is CCC1(C)C(=O)NCC(=O)N1Cc1ccc(OC)c(F)c1. The molecule has 2 rings (SSSR count). The van der Waals surface area contributed by atoms with Crippen molar-refractivity contribution < 1.29 is 18.7 Å². The van der Waals surface area contributed by atoms with Crippen molar-refractivity contribution in [3.63, 3.8) is 0 Å². The average molecular weight is 294 g/mol. The fourth-order valence-electron chi connectivity index (χ4n) is 2.44. The summed E-state index contributed by atoms with van der Waals surface area (Å²) in [5.41, 5.74) is -0.290. The van der Waals surface area contributed by atoms with Crippen LogP contribution in [0.15, 0.2) is 18.2 Å². The lowest BCUT2D eigenvalue weighted by Crippen LogP contribution is -2.65. The summed E-state index contributed by atoms with van der Waals surface area (Å²) in [4.78, 5) is 25.7. The number of halogens is 1. The molecule has 21 heavy (non-hydrogen) atoms. The van der Waals surface area contributed by atoms with Crippen molar-refractivity contribution in [3.05, 3.63) is 29.6 Å². The van der Waals surface area contributed by atoms with E-state index in [0.29, 0.717) is 12.0 Å². The normalized spacial score (nSPS) is 22.2. The molecule has 0 bridgehead atoms. The summed E-state index contributed by atoms with van der Waals surface area (Å²) in [6.07, 6.45) is 0.489. The Balaban J connectivity index is 2.29. The molecule has 1 aliphatic heterocycles. The Bertz CT molecular complexity index is 576. The van der Waals surface area contributed by atoms with E-state index in [1.807, 2.05) is 6.92 Å². The van der Waals surface area contributed by atoms with E-state index in [0.717, 1.165) is 0 Å². The molecule has 1 aliphatic rings. The Hall–Kier alpha value is -2.11. The number of nitrogens with one attached hydrogen (secondary N) is 1. The predicted molar refractivity (Wildman–Crippen MR) is 75.2 cm³/mol. The van der Waals surface area contributed by atoms with E-state index in [1.165, 1.54) is 24.1 Å². The van der Waals surface area contributed by atoms with Crippen molar-refractivity contribution >= 4 is 11.8 Å². The van der Waals surface area contributed by atoms with Crippen molar-refractivity contribution in [1.29, 1.82) is 0 Å². The number of piperazine rings is 1. The highest BCUT2D eigenvalue weighted by atomic mass is 19.1. The van der Waals surface area contributed by atoms with Crippen LogP contribution in [0.1, 0.15) is 25.8 Å². The maximum Gasteiger partial charge on any atom is 0.246 e. The number of ether oxygens (including phenoxy) is 1. The second-order valence-electron chi connectivity index (χ2n) is 5.26. The lowest BCUT2D eigenvalue weighted by molar-refractivity contribution is -0.153. The molecule has 1 atom stereocenters. The van der Waals surface area contributed by atoms with Crippen LogP contribution in [0.5, 0.6) is 5.75 Å². The molecule has 1 aromatic carbocycles. The minimum Gasteiger partial charge on any atom is -0.494 e. The molecule has 1 saturated heterocycles. The highest BCUT2D eigenvalue weighted by Gasteiger charge is 2.44. The van der Waals surface area contributed by atoms with Gasteiger partial charge in [0, 0.05) is 6.54 Å². The highest BCUT2D eigenvalue weighted by Crippen LogP contribution is 2.26. The monoisotopic (exact) mass is 294 g/mol. The Morgan fingerprint density at radius 3 is 2.71 bits per heavy atom. The Morgan fingerprint density at radius 2 is 2.14 bits per heavy atom. The summed E-state index contributed by atoms with van der Waals surface area (Å²) in [7, 11) is 1.39. The molecule has 1 unspecified atom stereocenters. The molecule has 0 saturated carbocycles. The summed E-state index contributed by atoms with van der Waals surface area (Å²) in [5.74, 6) is -0.685. The zero-order chi connectivity index (χ0) is 15.6. The van der Waals surface area contributed by atoms with Gasteiger partial charge in [-0.15, -0.1) is 0 Å². The maximum absolute atomic E-state index is 13.7.